The quantitative estimate of drug-likeness (QED) is 0.629. The lowest BCUT2D eigenvalue weighted by Crippen LogP contribution is -1.86. The Morgan fingerprint density at radius 2 is 2.33 bits per heavy atom. The average Bonchev–Trinajstić information content (AvgIpc) is 2.04. The van der Waals surface area contributed by atoms with E-state index in [1.54, 1.807) is 18.3 Å². The van der Waals surface area contributed by atoms with Gasteiger partial charge in [-0.3, -0.25) is 4.98 Å². The van der Waals surface area contributed by atoms with E-state index in [2.05, 4.69) is 11.1 Å². The van der Waals surface area contributed by atoms with Crippen molar-refractivity contribution in [2.75, 3.05) is 0 Å². The molecule has 0 saturated heterocycles. The summed E-state index contributed by atoms with van der Waals surface area (Å²) in [5, 5.41) is 8.71. The summed E-state index contributed by atoms with van der Waals surface area (Å²) in [4.78, 5) is 4.09. The first kappa shape index (κ1) is 8.48. The van der Waals surface area contributed by atoms with Crippen LogP contribution in [-0.2, 0) is 0 Å². The maximum absolute atomic E-state index is 8.71. The van der Waals surface area contributed by atoms with Crippen molar-refractivity contribution in [2.45, 2.75) is 13.8 Å². The second kappa shape index (κ2) is 3.68. The van der Waals surface area contributed by atoms with Gasteiger partial charge in [0.05, 0.1) is 11.3 Å². The van der Waals surface area contributed by atoms with Crippen LogP contribution in [0.4, 0.5) is 0 Å². The van der Waals surface area contributed by atoms with E-state index in [1.807, 2.05) is 19.9 Å². The van der Waals surface area contributed by atoms with E-state index in [9.17, 15) is 0 Å². The van der Waals surface area contributed by atoms with E-state index in [-0.39, 0.29) is 0 Å². The van der Waals surface area contributed by atoms with Crippen molar-refractivity contribution in [3.63, 3.8) is 0 Å². The fourth-order valence-corrected chi connectivity index (χ4v) is 0.901. The zero-order valence-electron chi connectivity index (χ0n) is 7.20. The predicted octanol–water partition coefficient (Wildman–Crippen LogP) is 2.38. The van der Waals surface area contributed by atoms with Crippen molar-refractivity contribution < 1.29 is 0 Å². The fraction of sp³-hybridized carbons (Fsp3) is 0.200. The van der Waals surface area contributed by atoms with E-state index >= 15 is 0 Å². The summed E-state index contributed by atoms with van der Waals surface area (Å²) in [7, 11) is 0. The lowest BCUT2D eigenvalue weighted by molar-refractivity contribution is 1.26. The lowest BCUT2D eigenvalue weighted by Gasteiger charge is -1.95. The Morgan fingerprint density at radius 3 is 2.92 bits per heavy atom. The zero-order chi connectivity index (χ0) is 8.97. The van der Waals surface area contributed by atoms with Gasteiger partial charge in [-0.2, -0.15) is 5.26 Å². The first-order chi connectivity index (χ1) is 5.74. The summed E-state index contributed by atoms with van der Waals surface area (Å²) in [6.07, 6.45) is 3.59. The van der Waals surface area contributed by atoms with Crippen LogP contribution in [0.3, 0.4) is 0 Å². The van der Waals surface area contributed by atoms with Crippen LogP contribution in [0.15, 0.2) is 23.9 Å². The SMILES string of the molecule is CC(C)=Cc1ncccc1C#N. The molecule has 1 heterocycles. The Balaban J connectivity index is 3.17. The summed E-state index contributed by atoms with van der Waals surface area (Å²) in [5.74, 6) is 0. The van der Waals surface area contributed by atoms with Crippen molar-refractivity contribution in [1.82, 2.24) is 4.98 Å². The molecule has 12 heavy (non-hydrogen) atoms. The van der Waals surface area contributed by atoms with Gasteiger partial charge in [0.25, 0.3) is 0 Å². The van der Waals surface area contributed by atoms with E-state index in [4.69, 9.17) is 5.26 Å². The number of aromatic nitrogens is 1. The number of nitriles is 1. The molecular weight excluding hydrogens is 148 g/mol. The van der Waals surface area contributed by atoms with E-state index < -0.39 is 0 Å². The van der Waals surface area contributed by atoms with Gasteiger partial charge < -0.3 is 0 Å². The van der Waals surface area contributed by atoms with Crippen molar-refractivity contribution >= 4 is 6.08 Å². The Kier molecular flexibility index (Phi) is 2.60. The standard InChI is InChI=1S/C10H10N2/c1-8(2)6-10-9(7-11)4-3-5-12-10/h3-6H,1-2H3. The first-order valence-corrected chi connectivity index (χ1v) is 3.74. The highest BCUT2D eigenvalue weighted by molar-refractivity contribution is 5.55. The van der Waals surface area contributed by atoms with Crippen molar-refractivity contribution in [3.05, 3.63) is 35.2 Å². The molecule has 0 bridgehead atoms. The summed E-state index contributed by atoms with van der Waals surface area (Å²) in [6, 6.07) is 5.62. The van der Waals surface area contributed by atoms with Gasteiger partial charge in [0.2, 0.25) is 0 Å². The van der Waals surface area contributed by atoms with Gasteiger partial charge in [0.15, 0.2) is 0 Å². The smallest absolute Gasteiger partial charge is 0.101 e. The molecule has 0 unspecified atom stereocenters. The van der Waals surface area contributed by atoms with Crippen LogP contribution in [0.5, 0.6) is 0 Å². The van der Waals surface area contributed by atoms with E-state index in [1.165, 1.54) is 0 Å². The topological polar surface area (TPSA) is 36.7 Å². The maximum Gasteiger partial charge on any atom is 0.101 e. The molecule has 2 heteroatoms. The van der Waals surface area contributed by atoms with Gasteiger partial charge in [0, 0.05) is 6.20 Å². The monoisotopic (exact) mass is 158 g/mol. The van der Waals surface area contributed by atoms with Gasteiger partial charge >= 0.3 is 0 Å². The Hall–Kier alpha value is -1.62. The molecule has 60 valence electrons. The Morgan fingerprint density at radius 1 is 1.58 bits per heavy atom. The first-order valence-electron chi connectivity index (χ1n) is 3.74. The maximum atomic E-state index is 8.71. The van der Waals surface area contributed by atoms with Gasteiger partial charge in [-0.25, -0.2) is 0 Å². The number of rotatable bonds is 1. The number of hydrogen-bond donors (Lipinski definition) is 0. The molecule has 0 radical (unpaired) electrons. The van der Waals surface area contributed by atoms with Crippen LogP contribution < -0.4 is 0 Å². The largest absolute Gasteiger partial charge is 0.256 e. The second-order valence-electron chi connectivity index (χ2n) is 2.77. The minimum Gasteiger partial charge on any atom is -0.256 e. The summed E-state index contributed by atoms with van der Waals surface area (Å²) >= 11 is 0. The molecule has 0 amide bonds. The highest BCUT2D eigenvalue weighted by Crippen LogP contribution is 2.07. The molecule has 0 aromatic carbocycles. The highest BCUT2D eigenvalue weighted by atomic mass is 14.7. The molecular formula is C10H10N2. The predicted molar refractivity (Wildman–Crippen MR) is 48.3 cm³/mol. The highest BCUT2D eigenvalue weighted by Gasteiger charge is 1.96. The number of allylic oxidation sites excluding steroid dienone is 1. The molecule has 2 nitrogen and oxygen atoms in total. The third-order valence-corrected chi connectivity index (χ3v) is 1.38. The molecule has 1 aromatic rings. The minimum atomic E-state index is 0.624. The van der Waals surface area contributed by atoms with Gasteiger partial charge in [0.1, 0.15) is 6.07 Å². The van der Waals surface area contributed by atoms with Gasteiger partial charge in [-0.15, -0.1) is 0 Å². The van der Waals surface area contributed by atoms with Crippen LogP contribution in [0.2, 0.25) is 0 Å². The van der Waals surface area contributed by atoms with Crippen LogP contribution in [0, 0.1) is 11.3 Å². The number of nitrogens with zero attached hydrogens (tertiary/aromatic N) is 2. The van der Waals surface area contributed by atoms with E-state index in [0.29, 0.717) is 5.56 Å². The van der Waals surface area contributed by atoms with Gasteiger partial charge in [-0.1, -0.05) is 5.57 Å². The normalized spacial score (nSPS) is 8.75. The Labute approximate surface area is 72.2 Å². The third-order valence-electron chi connectivity index (χ3n) is 1.38. The van der Waals surface area contributed by atoms with Crippen LogP contribution >= 0.6 is 0 Å². The summed E-state index contributed by atoms with van der Waals surface area (Å²) in [6.45, 7) is 3.96. The zero-order valence-corrected chi connectivity index (χ0v) is 7.20. The molecule has 0 aliphatic heterocycles. The minimum absolute atomic E-state index is 0.624. The number of hydrogen-bond acceptors (Lipinski definition) is 2. The molecule has 0 spiro atoms. The molecule has 0 N–H and O–H groups in total. The Bertz CT molecular complexity index is 341. The lowest BCUT2D eigenvalue weighted by atomic mass is 10.1. The molecule has 1 rings (SSSR count). The van der Waals surface area contributed by atoms with Crippen molar-refractivity contribution in [3.8, 4) is 6.07 Å². The molecule has 0 fully saturated rings. The van der Waals surface area contributed by atoms with E-state index in [0.717, 1.165) is 11.3 Å². The van der Waals surface area contributed by atoms with Crippen molar-refractivity contribution in [2.24, 2.45) is 0 Å². The molecule has 0 aliphatic carbocycles. The second-order valence-corrected chi connectivity index (χ2v) is 2.77. The average molecular weight is 158 g/mol. The van der Waals surface area contributed by atoms with Crippen molar-refractivity contribution in [1.29, 1.82) is 5.26 Å². The van der Waals surface area contributed by atoms with Gasteiger partial charge in [-0.05, 0) is 32.1 Å². The molecule has 0 saturated carbocycles. The fourth-order valence-electron chi connectivity index (χ4n) is 0.901. The molecule has 0 aliphatic rings. The van der Waals surface area contributed by atoms with Crippen LogP contribution in [0.25, 0.3) is 6.08 Å². The summed E-state index contributed by atoms with van der Waals surface area (Å²) in [5.41, 5.74) is 2.52. The number of pyridine rings is 1. The molecule has 0 atom stereocenters. The summed E-state index contributed by atoms with van der Waals surface area (Å²) < 4.78 is 0. The third kappa shape index (κ3) is 1.93. The van der Waals surface area contributed by atoms with Crippen LogP contribution in [-0.4, -0.2) is 4.98 Å². The molecule has 1 aromatic heterocycles. The van der Waals surface area contributed by atoms with Crippen LogP contribution in [0.1, 0.15) is 25.1 Å².